The van der Waals surface area contributed by atoms with Crippen molar-refractivity contribution in [1.29, 1.82) is 0 Å². The molecule has 0 saturated carbocycles. The van der Waals surface area contributed by atoms with Gasteiger partial charge in [-0.3, -0.25) is 0 Å². The van der Waals surface area contributed by atoms with Crippen LogP contribution in [0.1, 0.15) is 61.8 Å². The quantitative estimate of drug-likeness (QED) is 0.184. The molecule has 0 N–H and O–H groups in total. The van der Waals surface area contributed by atoms with Gasteiger partial charge < -0.3 is 4.74 Å². The number of fused-ring (bicyclic) bond motifs is 9. The molecule has 1 spiro atoms. The summed E-state index contributed by atoms with van der Waals surface area (Å²) in [5.41, 5.74) is 13.3. The zero-order valence-electron chi connectivity index (χ0n) is 26.1. The van der Waals surface area contributed by atoms with Crippen LogP contribution in [0.4, 0.5) is 0 Å². The Morgan fingerprint density at radius 3 is 2.17 bits per heavy atom. The van der Waals surface area contributed by atoms with E-state index in [0.717, 1.165) is 11.5 Å². The summed E-state index contributed by atoms with van der Waals surface area (Å²) < 4.78 is 17.4. The molecule has 1 unspecified atom stereocenters. The topological polar surface area (TPSA) is 26.8 Å². The first-order valence-corrected chi connectivity index (χ1v) is 16.5. The van der Waals surface area contributed by atoms with Crippen LogP contribution in [0.15, 0.2) is 97.1 Å². The summed E-state index contributed by atoms with van der Waals surface area (Å²) in [5, 5.41) is 5.20. The van der Waals surface area contributed by atoms with Crippen molar-refractivity contribution in [2.75, 3.05) is 0 Å². The number of nitrogens with zero attached hydrogens (tertiary/aromatic N) is 4. The summed E-state index contributed by atoms with van der Waals surface area (Å²) in [7, 11) is 0. The lowest BCUT2D eigenvalue weighted by atomic mass is 9.82. The first kappa shape index (κ1) is 23.9. The summed E-state index contributed by atoms with van der Waals surface area (Å²) in [4.78, 5) is 0. The van der Waals surface area contributed by atoms with Gasteiger partial charge in [0.15, 0.2) is 16.9 Å². The summed E-state index contributed by atoms with van der Waals surface area (Å²) in [6, 6.07) is 36.4. The van der Waals surface area contributed by atoms with Crippen LogP contribution in [0, 0.1) is 0 Å². The molecule has 4 aliphatic heterocycles. The Bertz CT molecular complexity index is 2800. The predicted octanol–water partition coefficient (Wildman–Crippen LogP) is 8.71. The van der Waals surface area contributed by atoms with Gasteiger partial charge in [0.2, 0.25) is 0 Å². The van der Waals surface area contributed by atoms with Gasteiger partial charge in [-0.15, -0.1) is 0 Å². The molecule has 4 aromatic carbocycles. The van der Waals surface area contributed by atoms with Gasteiger partial charge in [-0.2, -0.15) is 18.3 Å². The number of rotatable bonds is 2. The third-order valence-electron chi connectivity index (χ3n) is 11.3. The number of para-hydroxylation sites is 2. The van der Waals surface area contributed by atoms with Crippen molar-refractivity contribution in [2.24, 2.45) is 0 Å². The Morgan fingerprint density at radius 2 is 1.37 bits per heavy atom. The van der Waals surface area contributed by atoms with Crippen LogP contribution in [0.2, 0.25) is 0 Å². The van der Waals surface area contributed by atoms with E-state index in [2.05, 4.69) is 143 Å². The molecule has 46 heavy (non-hydrogen) atoms. The third kappa shape index (κ3) is 2.25. The Balaban J connectivity index is 1.46. The zero-order chi connectivity index (χ0) is 30.4. The van der Waals surface area contributed by atoms with Crippen molar-refractivity contribution in [3.05, 3.63) is 119 Å². The lowest BCUT2D eigenvalue weighted by molar-refractivity contribution is -0.927. The standard InChI is InChI=1S/C41H30N4O/c1-21(2)23-18-31-32-20-27(22(3)4)36-26-11-6-8-13-29(26)42-30-14-9-15-33-37(30)41(45(32)40(36)42)38-34(46-33)17-16-25-24-10-5-7-12-28(24)43(39(25)38)35(19-23)44(31)41/h5-22H,1-4H3/q+2. The number of pyridine rings is 2. The van der Waals surface area contributed by atoms with E-state index in [4.69, 9.17) is 4.74 Å². The van der Waals surface area contributed by atoms with Gasteiger partial charge in [0, 0.05) is 22.2 Å². The largest absolute Gasteiger partial charge is 0.456 e. The molecule has 0 bridgehead atoms. The molecule has 218 valence electrons. The second-order valence-corrected chi connectivity index (χ2v) is 14.2. The first-order valence-electron chi connectivity index (χ1n) is 16.5. The lowest BCUT2D eigenvalue weighted by Crippen LogP contribution is -2.75. The van der Waals surface area contributed by atoms with Gasteiger partial charge >= 0.3 is 5.66 Å². The van der Waals surface area contributed by atoms with Gasteiger partial charge in [-0.05, 0) is 83.6 Å². The monoisotopic (exact) mass is 594 g/mol. The molecule has 0 fully saturated rings. The second kappa shape index (κ2) is 7.34. The summed E-state index contributed by atoms with van der Waals surface area (Å²) >= 11 is 0. The van der Waals surface area contributed by atoms with E-state index in [1.165, 1.54) is 88.9 Å². The number of benzene rings is 4. The van der Waals surface area contributed by atoms with Crippen molar-refractivity contribution in [1.82, 2.24) is 9.13 Å². The van der Waals surface area contributed by atoms with Crippen LogP contribution in [0.25, 0.3) is 66.6 Å². The van der Waals surface area contributed by atoms with Crippen LogP contribution in [-0.4, -0.2) is 9.13 Å². The van der Waals surface area contributed by atoms with Gasteiger partial charge in [0.25, 0.3) is 11.5 Å². The van der Waals surface area contributed by atoms with E-state index in [1.54, 1.807) is 0 Å². The highest BCUT2D eigenvalue weighted by Crippen LogP contribution is 2.58. The van der Waals surface area contributed by atoms with Crippen molar-refractivity contribution < 1.29 is 13.9 Å². The van der Waals surface area contributed by atoms with Crippen LogP contribution in [0.5, 0.6) is 11.5 Å². The fraction of sp³-hybridized carbons (Fsp3) is 0.171. The second-order valence-electron chi connectivity index (χ2n) is 14.2. The van der Waals surface area contributed by atoms with Gasteiger partial charge in [-0.1, -0.05) is 58.0 Å². The van der Waals surface area contributed by atoms with Crippen LogP contribution < -0.4 is 13.9 Å². The van der Waals surface area contributed by atoms with Crippen LogP contribution in [-0.2, 0) is 5.66 Å². The molecule has 1 atom stereocenters. The average molecular weight is 595 g/mol. The molecule has 4 aliphatic rings. The molecule has 4 aromatic heterocycles. The van der Waals surface area contributed by atoms with Gasteiger partial charge in [0.05, 0.1) is 5.39 Å². The molecule has 8 heterocycles. The molecule has 0 radical (unpaired) electrons. The van der Waals surface area contributed by atoms with Gasteiger partial charge in [-0.25, -0.2) is 0 Å². The Morgan fingerprint density at radius 1 is 0.630 bits per heavy atom. The molecule has 0 saturated heterocycles. The molecule has 5 heteroatoms. The highest BCUT2D eigenvalue weighted by molar-refractivity contribution is 6.13. The van der Waals surface area contributed by atoms with E-state index in [-0.39, 0.29) is 0 Å². The minimum atomic E-state index is -0.642. The Kier molecular flexibility index (Phi) is 3.81. The normalized spacial score (nSPS) is 17.3. The molecule has 0 amide bonds. The smallest absolute Gasteiger partial charge is 0.323 e. The summed E-state index contributed by atoms with van der Waals surface area (Å²) in [5.74, 6) is 3.80. The molecular formula is C41H30N4O+2. The van der Waals surface area contributed by atoms with Crippen molar-refractivity contribution in [3.63, 3.8) is 0 Å². The average Bonchev–Trinajstić information content (AvgIpc) is 3.69. The fourth-order valence-electron chi connectivity index (χ4n) is 9.59. The number of aromatic nitrogens is 4. The number of hydrogen-bond donors (Lipinski definition) is 0. The molecule has 5 nitrogen and oxygen atoms in total. The first-order chi connectivity index (χ1) is 22.5. The predicted molar refractivity (Wildman–Crippen MR) is 181 cm³/mol. The van der Waals surface area contributed by atoms with Crippen molar-refractivity contribution >= 4 is 43.7 Å². The Labute approximate surface area is 265 Å². The zero-order valence-corrected chi connectivity index (χ0v) is 26.1. The van der Waals surface area contributed by atoms with E-state index in [1.807, 2.05) is 0 Å². The summed E-state index contributed by atoms with van der Waals surface area (Å²) in [6.07, 6.45) is 0. The number of ether oxygens (including phenoxy) is 1. The van der Waals surface area contributed by atoms with Crippen molar-refractivity contribution in [3.8, 4) is 34.4 Å². The maximum atomic E-state index is 6.99. The van der Waals surface area contributed by atoms with Crippen LogP contribution in [0.3, 0.4) is 0 Å². The van der Waals surface area contributed by atoms with Crippen molar-refractivity contribution in [2.45, 2.75) is 45.2 Å². The molecular weight excluding hydrogens is 564 g/mol. The Hall–Kier alpha value is -5.42. The van der Waals surface area contributed by atoms with Gasteiger partial charge in [0.1, 0.15) is 39.3 Å². The highest BCUT2D eigenvalue weighted by atomic mass is 16.5. The molecule has 0 aliphatic carbocycles. The minimum absolute atomic E-state index is 0.354. The SMILES string of the molecule is CC(C)c1cc2[n+]3c(c1)-n1c4ccccc4c4ccc5c(c41)C31c3c(cccc3-n3c4ccccc4c4c(C(C)C)cc-2[n+]1c43)O5. The lowest BCUT2D eigenvalue weighted by Gasteiger charge is -2.38. The van der Waals surface area contributed by atoms with E-state index in [9.17, 15) is 0 Å². The molecule has 12 rings (SSSR count). The maximum absolute atomic E-state index is 6.99. The van der Waals surface area contributed by atoms with E-state index >= 15 is 0 Å². The third-order valence-corrected chi connectivity index (χ3v) is 11.3. The molecule has 8 aromatic rings. The minimum Gasteiger partial charge on any atom is -0.456 e. The highest BCUT2D eigenvalue weighted by Gasteiger charge is 2.69. The fourth-order valence-corrected chi connectivity index (χ4v) is 9.59. The van der Waals surface area contributed by atoms with E-state index in [0.29, 0.717) is 11.8 Å². The summed E-state index contributed by atoms with van der Waals surface area (Å²) in [6.45, 7) is 9.31. The maximum Gasteiger partial charge on any atom is 0.323 e. The number of hydrogen-bond acceptors (Lipinski definition) is 1. The van der Waals surface area contributed by atoms with Crippen LogP contribution >= 0.6 is 0 Å². The van der Waals surface area contributed by atoms with E-state index < -0.39 is 5.66 Å².